The molecule has 0 fully saturated rings. The van der Waals surface area contributed by atoms with Gasteiger partial charge < -0.3 is 5.11 Å². The standard InChI is InChI=1S/C7H14O2/c1-5(2)7(9)4-6(3)8/h5-6,8H,4H2,1-3H3. The molecule has 1 unspecified atom stereocenters. The zero-order valence-corrected chi connectivity index (χ0v) is 6.22. The second-order valence-electron chi connectivity index (χ2n) is 2.67. The third kappa shape index (κ3) is 4.15. The molecule has 0 aromatic carbocycles. The molecular weight excluding hydrogens is 116 g/mol. The third-order valence-electron chi connectivity index (χ3n) is 1.14. The molecule has 0 amide bonds. The SMILES string of the molecule is CC(O)CC(=O)C(C)C. The molecule has 0 saturated heterocycles. The summed E-state index contributed by atoms with van der Waals surface area (Å²) in [6, 6.07) is 0. The van der Waals surface area contributed by atoms with E-state index in [1.807, 2.05) is 13.8 Å². The average molecular weight is 130 g/mol. The van der Waals surface area contributed by atoms with Crippen molar-refractivity contribution in [1.82, 2.24) is 0 Å². The molecule has 2 nitrogen and oxygen atoms in total. The molecule has 0 aromatic heterocycles. The van der Waals surface area contributed by atoms with Crippen LogP contribution in [0.25, 0.3) is 0 Å². The topological polar surface area (TPSA) is 37.3 Å². The van der Waals surface area contributed by atoms with E-state index in [0.29, 0.717) is 0 Å². The first-order valence-electron chi connectivity index (χ1n) is 3.24. The number of ketones is 1. The van der Waals surface area contributed by atoms with Gasteiger partial charge in [0.1, 0.15) is 5.78 Å². The smallest absolute Gasteiger partial charge is 0.137 e. The summed E-state index contributed by atoms with van der Waals surface area (Å²) in [6.07, 6.45) is -0.197. The van der Waals surface area contributed by atoms with Crippen molar-refractivity contribution in [2.45, 2.75) is 33.3 Å². The van der Waals surface area contributed by atoms with Crippen molar-refractivity contribution in [2.75, 3.05) is 0 Å². The van der Waals surface area contributed by atoms with E-state index < -0.39 is 6.10 Å². The number of rotatable bonds is 3. The summed E-state index contributed by atoms with van der Waals surface area (Å²) in [6.45, 7) is 5.30. The number of carbonyl (C=O) groups is 1. The van der Waals surface area contributed by atoms with Crippen LogP contribution in [0.15, 0.2) is 0 Å². The lowest BCUT2D eigenvalue weighted by Gasteiger charge is -2.04. The molecule has 1 N–H and O–H groups in total. The molecule has 0 aliphatic rings. The number of carbonyl (C=O) groups excluding carboxylic acids is 1. The minimum absolute atomic E-state index is 0.0552. The van der Waals surface area contributed by atoms with Crippen molar-refractivity contribution in [3.8, 4) is 0 Å². The molecule has 1 atom stereocenters. The quantitative estimate of drug-likeness (QED) is 0.618. The van der Waals surface area contributed by atoms with Crippen LogP contribution >= 0.6 is 0 Å². The first-order chi connectivity index (χ1) is 4.04. The van der Waals surface area contributed by atoms with Crippen molar-refractivity contribution in [3.05, 3.63) is 0 Å². The molecule has 0 aliphatic carbocycles. The highest BCUT2D eigenvalue weighted by atomic mass is 16.3. The fraction of sp³-hybridized carbons (Fsp3) is 0.857. The number of hydrogen-bond acceptors (Lipinski definition) is 2. The van der Waals surface area contributed by atoms with E-state index in [-0.39, 0.29) is 18.1 Å². The van der Waals surface area contributed by atoms with Crippen LogP contribution in [0, 0.1) is 5.92 Å². The second kappa shape index (κ2) is 3.62. The lowest BCUT2D eigenvalue weighted by atomic mass is 10.0. The van der Waals surface area contributed by atoms with Crippen LogP contribution in [0.2, 0.25) is 0 Å². The average Bonchev–Trinajstić information content (AvgIpc) is 1.63. The predicted molar refractivity (Wildman–Crippen MR) is 36.1 cm³/mol. The third-order valence-corrected chi connectivity index (χ3v) is 1.14. The van der Waals surface area contributed by atoms with E-state index in [9.17, 15) is 4.79 Å². The molecule has 0 bridgehead atoms. The van der Waals surface area contributed by atoms with Gasteiger partial charge in [0.2, 0.25) is 0 Å². The molecule has 2 heteroatoms. The van der Waals surface area contributed by atoms with E-state index in [4.69, 9.17) is 5.11 Å². The van der Waals surface area contributed by atoms with Crippen LogP contribution in [-0.4, -0.2) is 17.0 Å². The first kappa shape index (κ1) is 8.63. The Hall–Kier alpha value is -0.370. The van der Waals surface area contributed by atoms with Gasteiger partial charge in [-0.1, -0.05) is 13.8 Å². The van der Waals surface area contributed by atoms with Gasteiger partial charge in [0.15, 0.2) is 0 Å². The number of aliphatic hydroxyl groups excluding tert-OH is 1. The zero-order chi connectivity index (χ0) is 7.44. The van der Waals surface area contributed by atoms with Crippen molar-refractivity contribution in [1.29, 1.82) is 0 Å². The number of aliphatic hydroxyl groups is 1. The largest absolute Gasteiger partial charge is 0.393 e. The van der Waals surface area contributed by atoms with Gasteiger partial charge in [-0.25, -0.2) is 0 Å². The summed E-state index contributed by atoms with van der Waals surface area (Å²) in [4.78, 5) is 10.8. The molecule has 0 saturated carbocycles. The Morgan fingerprint density at radius 1 is 1.44 bits per heavy atom. The molecule has 9 heavy (non-hydrogen) atoms. The molecule has 0 aliphatic heterocycles. The van der Waals surface area contributed by atoms with Crippen molar-refractivity contribution in [3.63, 3.8) is 0 Å². The Labute approximate surface area is 55.9 Å². The maximum atomic E-state index is 10.8. The molecule has 0 radical (unpaired) electrons. The van der Waals surface area contributed by atoms with E-state index >= 15 is 0 Å². The Bertz CT molecular complexity index is 95.1. The van der Waals surface area contributed by atoms with Crippen LogP contribution < -0.4 is 0 Å². The molecule has 0 aromatic rings. The summed E-state index contributed by atoms with van der Waals surface area (Å²) < 4.78 is 0. The Balaban J connectivity index is 3.51. The fourth-order valence-corrected chi connectivity index (χ4v) is 0.527. The fourth-order valence-electron chi connectivity index (χ4n) is 0.527. The molecule has 0 heterocycles. The van der Waals surface area contributed by atoms with Crippen molar-refractivity contribution >= 4 is 5.78 Å². The first-order valence-corrected chi connectivity index (χ1v) is 3.24. The Morgan fingerprint density at radius 2 is 1.89 bits per heavy atom. The van der Waals surface area contributed by atoms with Gasteiger partial charge in [-0.3, -0.25) is 4.79 Å². The van der Waals surface area contributed by atoms with Crippen LogP contribution in [0.1, 0.15) is 27.2 Å². The van der Waals surface area contributed by atoms with Gasteiger partial charge in [-0.05, 0) is 6.92 Å². The predicted octanol–water partition coefficient (Wildman–Crippen LogP) is 0.982. The molecule has 0 rings (SSSR count). The lowest BCUT2D eigenvalue weighted by molar-refractivity contribution is -0.123. The highest BCUT2D eigenvalue weighted by Gasteiger charge is 2.09. The second-order valence-corrected chi connectivity index (χ2v) is 2.67. The molecule has 0 spiro atoms. The monoisotopic (exact) mass is 130 g/mol. The van der Waals surface area contributed by atoms with Gasteiger partial charge in [0.05, 0.1) is 6.10 Å². The van der Waals surface area contributed by atoms with Crippen molar-refractivity contribution in [2.24, 2.45) is 5.92 Å². The summed E-state index contributed by atoms with van der Waals surface area (Å²) in [5, 5.41) is 8.75. The molecule has 54 valence electrons. The van der Waals surface area contributed by atoms with E-state index in [1.165, 1.54) is 0 Å². The van der Waals surface area contributed by atoms with Gasteiger partial charge in [-0.15, -0.1) is 0 Å². The highest BCUT2D eigenvalue weighted by molar-refractivity contribution is 5.80. The maximum Gasteiger partial charge on any atom is 0.137 e. The Kier molecular flexibility index (Phi) is 3.47. The van der Waals surface area contributed by atoms with Gasteiger partial charge in [-0.2, -0.15) is 0 Å². The minimum atomic E-state index is -0.486. The summed E-state index contributed by atoms with van der Waals surface area (Å²) in [5.74, 6) is 0.185. The maximum absolute atomic E-state index is 10.8. The normalized spacial score (nSPS) is 13.9. The van der Waals surface area contributed by atoms with Crippen LogP contribution in [0.5, 0.6) is 0 Å². The van der Waals surface area contributed by atoms with Gasteiger partial charge in [0, 0.05) is 12.3 Å². The summed E-state index contributed by atoms with van der Waals surface area (Å²) in [7, 11) is 0. The van der Waals surface area contributed by atoms with Crippen molar-refractivity contribution < 1.29 is 9.90 Å². The Morgan fingerprint density at radius 3 is 2.00 bits per heavy atom. The van der Waals surface area contributed by atoms with Crippen LogP contribution in [0.4, 0.5) is 0 Å². The van der Waals surface area contributed by atoms with Gasteiger partial charge >= 0.3 is 0 Å². The number of hydrogen-bond donors (Lipinski definition) is 1. The molecular formula is C7H14O2. The number of Topliss-reactive ketones (excluding diaryl/α,β-unsaturated/α-hetero) is 1. The highest BCUT2D eigenvalue weighted by Crippen LogP contribution is 2.00. The zero-order valence-electron chi connectivity index (χ0n) is 6.22. The minimum Gasteiger partial charge on any atom is -0.393 e. The lowest BCUT2D eigenvalue weighted by Crippen LogP contribution is -2.14. The van der Waals surface area contributed by atoms with E-state index in [1.54, 1.807) is 6.92 Å². The van der Waals surface area contributed by atoms with Gasteiger partial charge in [0.25, 0.3) is 0 Å². The van der Waals surface area contributed by atoms with Crippen LogP contribution in [0.3, 0.4) is 0 Å². The van der Waals surface area contributed by atoms with E-state index in [2.05, 4.69) is 0 Å². The summed E-state index contributed by atoms with van der Waals surface area (Å²) >= 11 is 0. The van der Waals surface area contributed by atoms with E-state index in [0.717, 1.165) is 0 Å². The summed E-state index contributed by atoms with van der Waals surface area (Å²) in [5.41, 5.74) is 0. The van der Waals surface area contributed by atoms with Crippen LogP contribution in [-0.2, 0) is 4.79 Å².